The third kappa shape index (κ3) is 4.97. The molecule has 0 aliphatic carbocycles. The number of halogens is 1. The average molecular weight is 360 g/mol. The highest BCUT2D eigenvalue weighted by Gasteiger charge is 2.26. The maximum Gasteiger partial charge on any atom is 0.222 e. The quantitative estimate of drug-likeness (QED) is 0.729. The Hall–Kier alpha value is -2.04. The molecule has 2 aromatic carbocycles. The number of carbonyl (C=O) groups is 1. The summed E-state index contributed by atoms with van der Waals surface area (Å²) in [5, 5.41) is 0.679. The van der Waals surface area contributed by atoms with Gasteiger partial charge in [-0.25, -0.2) is 0 Å². The molecular formula is C20H22ClNO3. The van der Waals surface area contributed by atoms with E-state index in [1.165, 1.54) is 0 Å². The number of rotatable bonds is 6. The normalized spacial score (nSPS) is 17.3. The standard InChI is InChI=1S/C20H22ClNO3/c21-18-10-5-4-9-17(18)19-15-22(12-14-25-19)20(23)11-6-13-24-16-7-2-1-3-8-16/h1-5,7-10,19H,6,11-15H2. The van der Waals surface area contributed by atoms with Gasteiger partial charge < -0.3 is 14.4 Å². The molecule has 1 aliphatic heterocycles. The van der Waals surface area contributed by atoms with Gasteiger partial charge in [0.05, 0.1) is 19.8 Å². The predicted octanol–water partition coefficient (Wildman–Crippen LogP) is 4.10. The van der Waals surface area contributed by atoms with Crippen LogP contribution < -0.4 is 4.74 Å². The zero-order chi connectivity index (χ0) is 17.5. The second-order valence-electron chi connectivity index (χ2n) is 5.99. The van der Waals surface area contributed by atoms with E-state index in [1.54, 1.807) is 0 Å². The Balaban J connectivity index is 1.46. The largest absolute Gasteiger partial charge is 0.494 e. The van der Waals surface area contributed by atoms with Gasteiger partial charge in [-0.05, 0) is 24.6 Å². The number of morpholine rings is 1. The van der Waals surface area contributed by atoms with Crippen LogP contribution in [-0.4, -0.2) is 37.1 Å². The molecule has 1 saturated heterocycles. The number of ether oxygens (including phenoxy) is 2. The van der Waals surface area contributed by atoms with Crippen molar-refractivity contribution in [2.75, 3.05) is 26.3 Å². The Morgan fingerprint density at radius 2 is 1.92 bits per heavy atom. The van der Waals surface area contributed by atoms with Crippen molar-refractivity contribution < 1.29 is 14.3 Å². The lowest BCUT2D eigenvalue weighted by Gasteiger charge is -2.33. The van der Waals surface area contributed by atoms with Crippen LogP contribution in [0.2, 0.25) is 5.02 Å². The summed E-state index contributed by atoms with van der Waals surface area (Å²) >= 11 is 6.25. The summed E-state index contributed by atoms with van der Waals surface area (Å²) in [5.41, 5.74) is 0.939. The molecule has 1 unspecified atom stereocenters. The van der Waals surface area contributed by atoms with E-state index in [-0.39, 0.29) is 12.0 Å². The first-order valence-corrected chi connectivity index (χ1v) is 8.93. The highest BCUT2D eigenvalue weighted by molar-refractivity contribution is 6.31. The van der Waals surface area contributed by atoms with Crippen molar-refractivity contribution in [2.45, 2.75) is 18.9 Å². The Morgan fingerprint density at radius 3 is 2.72 bits per heavy atom. The van der Waals surface area contributed by atoms with Gasteiger partial charge in [0.15, 0.2) is 0 Å². The number of hydrogen-bond acceptors (Lipinski definition) is 3. The highest BCUT2D eigenvalue weighted by Crippen LogP contribution is 2.28. The zero-order valence-electron chi connectivity index (χ0n) is 14.1. The van der Waals surface area contributed by atoms with Crippen molar-refractivity contribution in [1.29, 1.82) is 0 Å². The molecule has 132 valence electrons. The van der Waals surface area contributed by atoms with E-state index in [0.29, 0.717) is 44.2 Å². The first kappa shape index (κ1) is 17.8. The molecule has 25 heavy (non-hydrogen) atoms. The molecule has 1 aliphatic rings. The molecule has 4 nitrogen and oxygen atoms in total. The molecule has 2 aromatic rings. The molecule has 1 fully saturated rings. The Morgan fingerprint density at radius 1 is 1.16 bits per heavy atom. The number of hydrogen-bond donors (Lipinski definition) is 0. The van der Waals surface area contributed by atoms with Crippen molar-refractivity contribution in [3.8, 4) is 5.75 Å². The van der Waals surface area contributed by atoms with Crippen LogP contribution in [0, 0.1) is 0 Å². The van der Waals surface area contributed by atoms with Crippen molar-refractivity contribution >= 4 is 17.5 Å². The van der Waals surface area contributed by atoms with E-state index in [4.69, 9.17) is 21.1 Å². The monoisotopic (exact) mass is 359 g/mol. The Kier molecular flexibility index (Phi) is 6.31. The maximum atomic E-state index is 12.5. The number of nitrogens with zero attached hydrogens (tertiary/aromatic N) is 1. The molecule has 5 heteroatoms. The first-order chi connectivity index (χ1) is 12.2. The number of amides is 1. The van der Waals surface area contributed by atoms with Gasteiger partial charge in [-0.1, -0.05) is 48.0 Å². The van der Waals surface area contributed by atoms with Gasteiger partial charge in [0, 0.05) is 23.6 Å². The average Bonchev–Trinajstić information content (AvgIpc) is 2.66. The predicted molar refractivity (Wildman–Crippen MR) is 97.9 cm³/mol. The molecule has 0 N–H and O–H groups in total. The summed E-state index contributed by atoms with van der Waals surface area (Å²) in [6, 6.07) is 17.3. The second-order valence-corrected chi connectivity index (χ2v) is 6.39. The van der Waals surface area contributed by atoms with Crippen LogP contribution in [0.3, 0.4) is 0 Å². The maximum absolute atomic E-state index is 12.5. The van der Waals surface area contributed by atoms with Crippen molar-refractivity contribution in [3.05, 3.63) is 65.2 Å². The van der Waals surface area contributed by atoms with Crippen molar-refractivity contribution in [1.82, 2.24) is 4.90 Å². The lowest BCUT2D eigenvalue weighted by atomic mass is 10.1. The molecular weight excluding hydrogens is 338 g/mol. The molecule has 1 amide bonds. The topological polar surface area (TPSA) is 38.8 Å². The van der Waals surface area contributed by atoms with Gasteiger partial charge in [-0.3, -0.25) is 4.79 Å². The van der Waals surface area contributed by atoms with E-state index in [9.17, 15) is 4.79 Å². The lowest BCUT2D eigenvalue weighted by Crippen LogP contribution is -2.42. The van der Waals surface area contributed by atoms with Gasteiger partial charge >= 0.3 is 0 Å². The summed E-state index contributed by atoms with van der Waals surface area (Å²) in [6.45, 7) is 2.23. The fraction of sp³-hybridized carbons (Fsp3) is 0.350. The molecule has 0 saturated carbocycles. The lowest BCUT2D eigenvalue weighted by molar-refractivity contribution is -0.139. The molecule has 1 atom stereocenters. The van der Waals surface area contributed by atoms with Gasteiger partial charge in [0.1, 0.15) is 11.9 Å². The number of para-hydroxylation sites is 1. The summed E-state index contributed by atoms with van der Waals surface area (Å²) in [7, 11) is 0. The third-order valence-electron chi connectivity index (χ3n) is 4.22. The summed E-state index contributed by atoms with van der Waals surface area (Å²) in [6.07, 6.45) is 1.01. The first-order valence-electron chi connectivity index (χ1n) is 8.55. The summed E-state index contributed by atoms with van der Waals surface area (Å²) in [4.78, 5) is 14.3. The van der Waals surface area contributed by atoms with Gasteiger partial charge in [0.25, 0.3) is 0 Å². The molecule has 0 spiro atoms. The van der Waals surface area contributed by atoms with Crippen LogP contribution in [0.15, 0.2) is 54.6 Å². The minimum atomic E-state index is -0.160. The van der Waals surface area contributed by atoms with Crippen LogP contribution in [0.4, 0.5) is 0 Å². The highest BCUT2D eigenvalue weighted by atomic mass is 35.5. The second kappa shape index (κ2) is 8.88. The SMILES string of the molecule is O=C(CCCOc1ccccc1)N1CCOC(c2ccccc2Cl)C1. The Bertz CT molecular complexity index is 692. The number of benzene rings is 2. The molecule has 0 bridgehead atoms. The van der Waals surface area contributed by atoms with Crippen molar-refractivity contribution in [2.24, 2.45) is 0 Å². The fourth-order valence-electron chi connectivity index (χ4n) is 2.89. The Labute approximate surface area is 153 Å². The summed E-state index contributed by atoms with van der Waals surface area (Å²) in [5.74, 6) is 0.970. The molecule has 3 rings (SSSR count). The molecule has 0 radical (unpaired) electrons. The van der Waals surface area contributed by atoms with E-state index in [1.807, 2.05) is 59.5 Å². The molecule has 1 heterocycles. The van der Waals surface area contributed by atoms with Gasteiger partial charge in [0.2, 0.25) is 5.91 Å². The van der Waals surface area contributed by atoms with E-state index < -0.39 is 0 Å². The fourth-order valence-corrected chi connectivity index (χ4v) is 3.15. The third-order valence-corrected chi connectivity index (χ3v) is 4.56. The van der Waals surface area contributed by atoms with Crippen LogP contribution in [0.5, 0.6) is 5.75 Å². The number of carbonyl (C=O) groups excluding carboxylic acids is 1. The van der Waals surface area contributed by atoms with Gasteiger partial charge in [-0.15, -0.1) is 0 Å². The van der Waals surface area contributed by atoms with Crippen LogP contribution in [0.1, 0.15) is 24.5 Å². The summed E-state index contributed by atoms with van der Waals surface area (Å²) < 4.78 is 11.4. The molecule has 0 aromatic heterocycles. The zero-order valence-corrected chi connectivity index (χ0v) is 14.8. The van der Waals surface area contributed by atoms with Crippen LogP contribution in [-0.2, 0) is 9.53 Å². The van der Waals surface area contributed by atoms with Gasteiger partial charge in [-0.2, -0.15) is 0 Å². The van der Waals surface area contributed by atoms with E-state index in [0.717, 1.165) is 11.3 Å². The van der Waals surface area contributed by atoms with Crippen molar-refractivity contribution in [3.63, 3.8) is 0 Å². The minimum absolute atomic E-state index is 0.136. The van der Waals surface area contributed by atoms with Crippen LogP contribution in [0.25, 0.3) is 0 Å². The van der Waals surface area contributed by atoms with Crippen LogP contribution >= 0.6 is 11.6 Å². The smallest absolute Gasteiger partial charge is 0.222 e. The van der Waals surface area contributed by atoms with E-state index >= 15 is 0 Å². The van der Waals surface area contributed by atoms with E-state index in [2.05, 4.69) is 0 Å². The minimum Gasteiger partial charge on any atom is -0.494 e.